The van der Waals surface area contributed by atoms with E-state index in [4.69, 9.17) is 4.74 Å². The Morgan fingerprint density at radius 2 is 1.64 bits per heavy atom. The fourth-order valence-electron chi connectivity index (χ4n) is 1.70. The van der Waals surface area contributed by atoms with Crippen molar-refractivity contribution in [2.75, 3.05) is 11.9 Å². The number of anilines is 1. The van der Waals surface area contributed by atoms with E-state index in [1.165, 1.54) is 24.3 Å². The van der Waals surface area contributed by atoms with Gasteiger partial charge in [-0.25, -0.2) is 0 Å². The highest BCUT2D eigenvalue weighted by Crippen LogP contribution is 2.17. The predicted molar refractivity (Wildman–Crippen MR) is 78.4 cm³/mol. The van der Waals surface area contributed by atoms with E-state index in [-0.39, 0.29) is 18.3 Å². The minimum atomic E-state index is -2.87. The Morgan fingerprint density at radius 1 is 1.05 bits per heavy atom. The molecule has 0 unspecified atom stereocenters. The van der Waals surface area contributed by atoms with Crippen molar-refractivity contribution in [2.45, 2.75) is 13.5 Å². The normalized spacial score (nSPS) is 10.4. The van der Waals surface area contributed by atoms with Crippen molar-refractivity contribution in [3.63, 3.8) is 0 Å². The third-order valence-corrected chi connectivity index (χ3v) is 2.75. The van der Waals surface area contributed by atoms with Gasteiger partial charge in [0.15, 0.2) is 6.61 Å². The molecule has 0 aliphatic rings. The number of ether oxygens (including phenoxy) is 2. The van der Waals surface area contributed by atoms with Crippen molar-refractivity contribution >= 4 is 11.6 Å². The molecule has 6 heteroatoms. The Morgan fingerprint density at radius 3 is 2.23 bits per heavy atom. The average Bonchev–Trinajstić information content (AvgIpc) is 2.48. The Balaban J connectivity index is 1.82. The number of carbonyl (C=O) groups excluding carboxylic acids is 1. The van der Waals surface area contributed by atoms with Gasteiger partial charge in [-0.2, -0.15) is 8.78 Å². The molecule has 0 saturated heterocycles. The topological polar surface area (TPSA) is 47.6 Å². The second kappa shape index (κ2) is 7.40. The van der Waals surface area contributed by atoms with Crippen LogP contribution >= 0.6 is 0 Å². The van der Waals surface area contributed by atoms with Crippen LogP contribution in [-0.4, -0.2) is 19.1 Å². The lowest BCUT2D eigenvalue weighted by molar-refractivity contribution is -0.118. The fraction of sp³-hybridized carbons (Fsp3) is 0.188. The van der Waals surface area contributed by atoms with Gasteiger partial charge in [-0.1, -0.05) is 17.7 Å². The minimum absolute atomic E-state index is 0.0314. The molecule has 0 bridgehead atoms. The molecule has 0 atom stereocenters. The summed E-state index contributed by atoms with van der Waals surface area (Å²) in [7, 11) is 0. The van der Waals surface area contributed by atoms with E-state index in [1.54, 1.807) is 12.1 Å². The minimum Gasteiger partial charge on any atom is -0.484 e. The number of rotatable bonds is 6. The van der Waals surface area contributed by atoms with Gasteiger partial charge in [0.2, 0.25) is 0 Å². The highest BCUT2D eigenvalue weighted by Gasteiger charge is 2.06. The zero-order valence-corrected chi connectivity index (χ0v) is 11.9. The van der Waals surface area contributed by atoms with Crippen molar-refractivity contribution in [1.82, 2.24) is 0 Å². The summed E-state index contributed by atoms with van der Waals surface area (Å²) in [6, 6.07) is 13.0. The maximum absolute atomic E-state index is 12.0. The molecule has 4 nitrogen and oxygen atoms in total. The molecule has 0 spiro atoms. The SMILES string of the molecule is Cc1ccc(OCC(=O)Nc2ccc(OC(F)F)cc2)cc1. The molecule has 0 saturated carbocycles. The molecular formula is C16H15F2NO3. The molecule has 1 amide bonds. The number of benzene rings is 2. The average molecular weight is 307 g/mol. The molecule has 0 aromatic heterocycles. The summed E-state index contributed by atoms with van der Waals surface area (Å²) < 4.78 is 33.6. The highest BCUT2D eigenvalue weighted by molar-refractivity contribution is 5.91. The lowest BCUT2D eigenvalue weighted by Gasteiger charge is -2.09. The first-order chi connectivity index (χ1) is 10.5. The highest BCUT2D eigenvalue weighted by atomic mass is 19.3. The van der Waals surface area contributed by atoms with Gasteiger partial charge < -0.3 is 14.8 Å². The van der Waals surface area contributed by atoms with Crippen LogP contribution in [0.15, 0.2) is 48.5 Å². The van der Waals surface area contributed by atoms with Crippen LogP contribution in [0, 0.1) is 6.92 Å². The summed E-state index contributed by atoms with van der Waals surface area (Å²) in [6.07, 6.45) is 0. The lowest BCUT2D eigenvalue weighted by Crippen LogP contribution is -2.20. The van der Waals surface area contributed by atoms with Crippen molar-refractivity contribution in [2.24, 2.45) is 0 Å². The van der Waals surface area contributed by atoms with Crippen LogP contribution in [0.5, 0.6) is 11.5 Å². The second-order valence-corrected chi connectivity index (χ2v) is 4.55. The molecule has 0 fully saturated rings. The zero-order chi connectivity index (χ0) is 15.9. The van der Waals surface area contributed by atoms with Gasteiger partial charge in [0, 0.05) is 5.69 Å². The molecule has 116 valence electrons. The number of amides is 1. The van der Waals surface area contributed by atoms with Crippen molar-refractivity contribution in [3.05, 3.63) is 54.1 Å². The van der Waals surface area contributed by atoms with Gasteiger partial charge in [0.25, 0.3) is 5.91 Å². The van der Waals surface area contributed by atoms with Crippen LogP contribution in [0.3, 0.4) is 0 Å². The van der Waals surface area contributed by atoms with Crippen molar-refractivity contribution in [3.8, 4) is 11.5 Å². The van der Waals surface area contributed by atoms with E-state index < -0.39 is 6.61 Å². The molecule has 2 aromatic rings. The molecule has 0 radical (unpaired) electrons. The molecule has 2 aromatic carbocycles. The van der Waals surface area contributed by atoms with Gasteiger partial charge >= 0.3 is 6.61 Å². The standard InChI is InChI=1S/C16H15F2NO3/c1-11-2-6-13(7-3-11)21-10-15(20)19-12-4-8-14(9-5-12)22-16(17)18/h2-9,16H,10H2,1H3,(H,19,20). The van der Waals surface area contributed by atoms with E-state index in [9.17, 15) is 13.6 Å². The van der Waals surface area contributed by atoms with Gasteiger partial charge in [0.1, 0.15) is 11.5 Å². The maximum Gasteiger partial charge on any atom is 0.387 e. The van der Waals surface area contributed by atoms with Crippen LogP contribution in [0.1, 0.15) is 5.56 Å². The summed E-state index contributed by atoms with van der Waals surface area (Å²) in [4.78, 5) is 11.7. The van der Waals surface area contributed by atoms with Crippen LogP contribution in [0.2, 0.25) is 0 Å². The van der Waals surface area contributed by atoms with E-state index in [0.717, 1.165) is 5.56 Å². The van der Waals surface area contributed by atoms with Gasteiger partial charge in [-0.3, -0.25) is 4.79 Å². The first-order valence-electron chi connectivity index (χ1n) is 6.57. The Kier molecular flexibility index (Phi) is 5.30. The second-order valence-electron chi connectivity index (χ2n) is 4.55. The molecule has 0 aliphatic carbocycles. The molecule has 22 heavy (non-hydrogen) atoms. The first kappa shape index (κ1) is 15.8. The van der Waals surface area contributed by atoms with E-state index in [0.29, 0.717) is 11.4 Å². The number of nitrogens with one attached hydrogen (secondary N) is 1. The predicted octanol–water partition coefficient (Wildman–Crippen LogP) is 3.61. The molecular weight excluding hydrogens is 292 g/mol. The summed E-state index contributed by atoms with van der Waals surface area (Å²) in [5.41, 5.74) is 1.57. The number of hydrogen-bond donors (Lipinski definition) is 1. The third kappa shape index (κ3) is 5.05. The van der Waals surface area contributed by atoms with Crippen LogP contribution in [0.25, 0.3) is 0 Å². The number of carbonyl (C=O) groups is 1. The van der Waals surface area contributed by atoms with Crippen LogP contribution in [-0.2, 0) is 4.79 Å². The quantitative estimate of drug-likeness (QED) is 0.887. The van der Waals surface area contributed by atoms with E-state index >= 15 is 0 Å². The number of hydrogen-bond acceptors (Lipinski definition) is 3. The molecule has 2 rings (SSSR count). The Hall–Kier alpha value is -2.63. The Labute approximate surface area is 126 Å². The Bertz CT molecular complexity index is 612. The maximum atomic E-state index is 12.0. The van der Waals surface area contributed by atoms with Gasteiger partial charge in [-0.05, 0) is 43.3 Å². The van der Waals surface area contributed by atoms with Crippen LogP contribution < -0.4 is 14.8 Å². The monoisotopic (exact) mass is 307 g/mol. The van der Waals surface area contributed by atoms with Gasteiger partial charge in [0.05, 0.1) is 0 Å². The van der Waals surface area contributed by atoms with Crippen LogP contribution in [0.4, 0.5) is 14.5 Å². The first-order valence-corrected chi connectivity index (χ1v) is 6.57. The number of aryl methyl sites for hydroxylation is 1. The van der Waals surface area contributed by atoms with Crippen molar-refractivity contribution < 1.29 is 23.0 Å². The number of alkyl halides is 2. The summed E-state index contributed by atoms with van der Waals surface area (Å²) in [5, 5.41) is 2.60. The molecule has 0 aliphatic heterocycles. The third-order valence-electron chi connectivity index (χ3n) is 2.75. The largest absolute Gasteiger partial charge is 0.484 e. The zero-order valence-electron chi connectivity index (χ0n) is 11.9. The fourth-order valence-corrected chi connectivity index (χ4v) is 1.70. The summed E-state index contributed by atoms with van der Waals surface area (Å²) >= 11 is 0. The van der Waals surface area contributed by atoms with Gasteiger partial charge in [-0.15, -0.1) is 0 Å². The van der Waals surface area contributed by atoms with Crippen molar-refractivity contribution in [1.29, 1.82) is 0 Å². The number of halogens is 2. The smallest absolute Gasteiger partial charge is 0.387 e. The summed E-state index contributed by atoms with van der Waals surface area (Å²) in [5.74, 6) is 0.286. The lowest BCUT2D eigenvalue weighted by atomic mass is 10.2. The summed E-state index contributed by atoms with van der Waals surface area (Å²) in [6.45, 7) is -1.06. The van der Waals surface area contributed by atoms with E-state index in [1.807, 2.05) is 19.1 Å². The molecule has 0 heterocycles. The van der Waals surface area contributed by atoms with E-state index in [2.05, 4.69) is 10.1 Å². The molecule has 1 N–H and O–H groups in total.